The second kappa shape index (κ2) is 8.03. The Kier molecular flexibility index (Phi) is 6.58. The van der Waals surface area contributed by atoms with Crippen LogP contribution in [0, 0.1) is 0 Å². The molecule has 0 aliphatic carbocycles. The molecule has 4 heteroatoms. The van der Waals surface area contributed by atoms with E-state index < -0.39 is 0 Å². The summed E-state index contributed by atoms with van der Waals surface area (Å²) in [7, 11) is 4.08. The molecule has 96 valence electrons. The van der Waals surface area contributed by atoms with Crippen LogP contribution in [0.5, 0.6) is 5.75 Å². The Labute approximate surface area is 104 Å². The van der Waals surface area contributed by atoms with Crippen molar-refractivity contribution in [1.29, 1.82) is 0 Å². The summed E-state index contributed by atoms with van der Waals surface area (Å²) in [4.78, 5) is 6.24. The molecule has 0 aliphatic rings. The molecular weight excluding hydrogens is 214 g/mol. The average molecular weight is 237 g/mol. The Morgan fingerprint density at radius 2 is 2.24 bits per heavy atom. The van der Waals surface area contributed by atoms with E-state index in [0.29, 0.717) is 6.61 Å². The van der Waals surface area contributed by atoms with E-state index in [9.17, 15) is 0 Å². The third kappa shape index (κ3) is 5.65. The number of pyridine rings is 1. The number of hydrogen-bond acceptors (Lipinski definition) is 4. The molecular formula is C13H23N3O. The van der Waals surface area contributed by atoms with Crippen molar-refractivity contribution in [3.05, 3.63) is 24.0 Å². The van der Waals surface area contributed by atoms with Crippen LogP contribution in [-0.2, 0) is 6.54 Å². The van der Waals surface area contributed by atoms with Gasteiger partial charge in [-0.25, -0.2) is 0 Å². The normalized spacial score (nSPS) is 10.8. The molecule has 17 heavy (non-hydrogen) atoms. The fourth-order valence-electron chi connectivity index (χ4n) is 1.43. The first-order valence-electron chi connectivity index (χ1n) is 6.15. The molecule has 0 atom stereocenters. The van der Waals surface area contributed by atoms with Crippen LogP contribution in [-0.4, -0.2) is 43.7 Å². The number of hydrogen-bond donors (Lipinski definition) is 1. The SMILES string of the molecule is CCCNCc1cnccc1OCCN(C)C. The predicted molar refractivity (Wildman–Crippen MR) is 70.3 cm³/mol. The predicted octanol–water partition coefficient (Wildman–Crippen LogP) is 1.52. The summed E-state index contributed by atoms with van der Waals surface area (Å²) in [6, 6.07) is 1.93. The van der Waals surface area contributed by atoms with Gasteiger partial charge in [0.05, 0.1) is 0 Å². The second-order valence-corrected chi connectivity index (χ2v) is 4.31. The largest absolute Gasteiger partial charge is 0.492 e. The molecule has 0 saturated carbocycles. The van der Waals surface area contributed by atoms with Crippen molar-refractivity contribution in [1.82, 2.24) is 15.2 Å². The van der Waals surface area contributed by atoms with Crippen molar-refractivity contribution in [2.45, 2.75) is 19.9 Å². The van der Waals surface area contributed by atoms with Crippen LogP contribution in [0.2, 0.25) is 0 Å². The van der Waals surface area contributed by atoms with Crippen molar-refractivity contribution in [3.63, 3.8) is 0 Å². The van der Waals surface area contributed by atoms with Gasteiger partial charge in [-0.05, 0) is 33.1 Å². The van der Waals surface area contributed by atoms with Gasteiger partial charge in [0.25, 0.3) is 0 Å². The van der Waals surface area contributed by atoms with E-state index in [1.807, 2.05) is 26.4 Å². The van der Waals surface area contributed by atoms with Crippen molar-refractivity contribution < 1.29 is 4.74 Å². The first kappa shape index (κ1) is 13.9. The highest BCUT2D eigenvalue weighted by Crippen LogP contribution is 2.16. The van der Waals surface area contributed by atoms with Gasteiger partial charge in [-0.15, -0.1) is 0 Å². The fraction of sp³-hybridized carbons (Fsp3) is 0.615. The molecule has 0 aromatic carbocycles. The maximum absolute atomic E-state index is 5.76. The van der Waals surface area contributed by atoms with Crippen LogP contribution in [0.15, 0.2) is 18.5 Å². The van der Waals surface area contributed by atoms with Crippen molar-refractivity contribution in [2.75, 3.05) is 33.8 Å². The minimum Gasteiger partial charge on any atom is -0.492 e. The molecule has 0 spiro atoms. The van der Waals surface area contributed by atoms with Crippen molar-refractivity contribution in [2.24, 2.45) is 0 Å². The molecule has 1 heterocycles. The molecule has 4 nitrogen and oxygen atoms in total. The van der Waals surface area contributed by atoms with Gasteiger partial charge in [0.15, 0.2) is 0 Å². The molecule has 0 bridgehead atoms. The number of nitrogens with zero attached hydrogens (tertiary/aromatic N) is 2. The number of likely N-dealkylation sites (N-methyl/N-ethyl adjacent to an activating group) is 1. The lowest BCUT2D eigenvalue weighted by Crippen LogP contribution is -2.20. The van der Waals surface area contributed by atoms with Crippen LogP contribution in [0.1, 0.15) is 18.9 Å². The third-order valence-electron chi connectivity index (χ3n) is 2.40. The van der Waals surface area contributed by atoms with Crippen molar-refractivity contribution in [3.8, 4) is 5.75 Å². The highest BCUT2D eigenvalue weighted by Gasteiger charge is 2.03. The van der Waals surface area contributed by atoms with Crippen LogP contribution in [0.25, 0.3) is 0 Å². The topological polar surface area (TPSA) is 37.4 Å². The number of nitrogens with one attached hydrogen (secondary N) is 1. The minimum absolute atomic E-state index is 0.706. The van der Waals surface area contributed by atoms with E-state index in [-0.39, 0.29) is 0 Å². The van der Waals surface area contributed by atoms with Crippen LogP contribution in [0.4, 0.5) is 0 Å². The van der Waals surface area contributed by atoms with Gasteiger partial charge in [0.2, 0.25) is 0 Å². The van der Waals surface area contributed by atoms with E-state index in [2.05, 4.69) is 22.1 Å². The van der Waals surface area contributed by atoms with Gasteiger partial charge in [0.1, 0.15) is 12.4 Å². The summed E-state index contributed by atoms with van der Waals surface area (Å²) in [5, 5.41) is 3.36. The van der Waals surface area contributed by atoms with Gasteiger partial charge in [-0.2, -0.15) is 0 Å². The van der Waals surface area contributed by atoms with E-state index in [1.54, 1.807) is 6.20 Å². The van der Waals surface area contributed by atoms with E-state index >= 15 is 0 Å². The summed E-state index contributed by atoms with van der Waals surface area (Å²) in [6.45, 7) is 5.62. The number of ether oxygens (including phenoxy) is 1. The molecule has 0 aliphatic heterocycles. The van der Waals surface area contributed by atoms with E-state index in [4.69, 9.17) is 4.74 Å². The van der Waals surface area contributed by atoms with Gasteiger partial charge in [0, 0.05) is 31.0 Å². The first-order chi connectivity index (χ1) is 8.24. The zero-order chi connectivity index (χ0) is 12.5. The highest BCUT2D eigenvalue weighted by atomic mass is 16.5. The van der Waals surface area contributed by atoms with E-state index in [1.165, 1.54) is 0 Å². The molecule has 1 N–H and O–H groups in total. The molecule has 1 aromatic rings. The Hall–Kier alpha value is -1.13. The molecule has 0 saturated heterocycles. The molecule has 1 rings (SSSR count). The first-order valence-corrected chi connectivity index (χ1v) is 6.15. The Balaban J connectivity index is 2.46. The summed E-state index contributed by atoms with van der Waals surface area (Å²) >= 11 is 0. The molecule has 0 fully saturated rings. The number of rotatable bonds is 8. The summed E-state index contributed by atoms with van der Waals surface area (Å²) < 4.78 is 5.76. The smallest absolute Gasteiger partial charge is 0.126 e. The van der Waals surface area contributed by atoms with Crippen LogP contribution < -0.4 is 10.1 Å². The van der Waals surface area contributed by atoms with Gasteiger partial charge >= 0.3 is 0 Å². The molecule has 0 radical (unpaired) electrons. The molecule has 0 unspecified atom stereocenters. The summed E-state index contributed by atoms with van der Waals surface area (Å²) in [5.41, 5.74) is 1.12. The van der Waals surface area contributed by atoms with Crippen LogP contribution >= 0.6 is 0 Å². The van der Waals surface area contributed by atoms with E-state index in [0.717, 1.165) is 37.4 Å². The summed E-state index contributed by atoms with van der Waals surface area (Å²) in [6.07, 6.45) is 4.78. The molecule has 1 aromatic heterocycles. The second-order valence-electron chi connectivity index (χ2n) is 4.31. The monoisotopic (exact) mass is 237 g/mol. The quantitative estimate of drug-likeness (QED) is 0.696. The summed E-state index contributed by atoms with van der Waals surface area (Å²) in [5.74, 6) is 0.936. The lowest BCUT2D eigenvalue weighted by atomic mass is 10.2. The minimum atomic E-state index is 0.706. The Bertz CT molecular complexity index is 315. The maximum Gasteiger partial charge on any atom is 0.126 e. The van der Waals surface area contributed by atoms with Gasteiger partial charge < -0.3 is 15.0 Å². The zero-order valence-electron chi connectivity index (χ0n) is 11.1. The molecule has 0 amide bonds. The maximum atomic E-state index is 5.76. The third-order valence-corrected chi connectivity index (χ3v) is 2.40. The highest BCUT2D eigenvalue weighted by molar-refractivity contribution is 5.29. The number of aromatic nitrogens is 1. The van der Waals surface area contributed by atoms with Crippen LogP contribution in [0.3, 0.4) is 0 Å². The Morgan fingerprint density at radius 1 is 1.41 bits per heavy atom. The fourth-order valence-corrected chi connectivity index (χ4v) is 1.43. The van der Waals surface area contributed by atoms with Gasteiger partial charge in [-0.3, -0.25) is 4.98 Å². The average Bonchev–Trinajstić information content (AvgIpc) is 2.31. The zero-order valence-corrected chi connectivity index (χ0v) is 11.1. The van der Waals surface area contributed by atoms with Crippen molar-refractivity contribution >= 4 is 0 Å². The lowest BCUT2D eigenvalue weighted by molar-refractivity contribution is 0.259. The Morgan fingerprint density at radius 3 is 2.94 bits per heavy atom. The van der Waals surface area contributed by atoms with Gasteiger partial charge in [-0.1, -0.05) is 6.92 Å². The lowest BCUT2D eigenvalue weighted by Gasteiger charge is -2.13. The standard InChI is InChI=1S/C13H23N3O/c1-4-6-14-10-12-11-15-7-5-13(12)17-9-8-16(2)3/h5,7,11,14H,4,6,8-10H2,1-3H3.